The largest absolute Gasteiger partial charge is 0.343 e. The number of nitrogens with zero attached hydrogens (tertiary/aromatic N) is 7. The average Bonchev–Trinajstić information content (AvgIpc) is 3.55. The summed E-state index contributed by atoms with van der Waals surface area (Å²) in [7, 11) is 3.56. The minimum Gasteiger partial charge on any atom is -0.343 e. The van der Waals surface area contributed by atoms with E-state index >= 15 is 0 Å². The molecule has 1 aliphatic carbocycles. The third kappa shape index (κ3) is 4.43. The van der Waals surface area contributed by atoms with Crippen LogP contribution in [0.1, 0.15) is 61.5 Å². The fraction of sp³-hybridized carbons (Fsp3) is 0.519. The predicted molar refractivity (Wildman–Crippen MR) is 142 cm³/mol. The first-order valence-corrected chi connectivity index (χ1v) is 13.4. The van der Waals surface area contributed by atoms with E-state index in [-0.39, 0.29) is 23.9 Å². The number of piperazine rings is 1. The molecule has 0 radical (unpaired) electrons. The van der Waals surface area contributed by atoms with E-state index in [0.717, 1.165) is 68.3 Å². The molecule has 1 N–H and O–H groups in total. The highest BCUT2D eigenvalue weighted by molar-refractivity contribution is 5.98. The summed E-state index contributed by atoms with van der Waals surface area (Å²) in [5.74, 6) is 1.19. The number of carbonyl (C=O) groups excluding carboxylic acids is 2. The summed E-state index contributed by atoms with van der Waals surface area (Å²) < 4.78 is 2.12. The molecule has 2 aliphatic heterocycles. The molecule has 0 bridgehead atoms. The third-order valence-corrected chi connectivity index (χ3v) is 7.97. The lowest BCUT2D eigenvalue weighted by molar-refractivity contribution is -0.124. The van der Waals surface area contributed by atoms with Gasteiger partial charge in [0.25, 0.3) is 5.91 Å². The Balaban J connectivity index is 1.25. The summed E-state index contributed by atoms with van der Waals surface area (Å²) >= 11 is 0. The van der Waals surface area contributed by atoms with Gasteiger partial charge >= 0.3 is 0 Å². The summed E-state index contributed by atoms with van der Waals surface area (Å²) in [5.41, 5.74) is 2.25. The molecule has 2 amide bonds. The van der Waals surface area contributed by atoms with Crippen LogP contribution in [-0.2, 0) is 4.79 Å². The zero-order valence-electron chi connectivity index (χ0n) is 21.6. The minimum atomic E-state index is -0.0247. The fourth-order valence-electron chi connectivity index (χ4n) is 6.05. The molecule has 10 nitrogen and oxygen atoms in total. The second-order valence-corrected chi connectivity index (χ2v) is 10.6. The van der Waals surface area contributed by atoms with Crippen LogP contribution in [-0.4, -0.2) is 80.9 Å². The van der Waals surface area contributed by atoms with Gasteiger partial charge in [0.1, 0.15) is 17.2 Å². The highest BCUT2D eigenvalue weighted by Gasteiger charge is 2.38. The highest BCUT2D eigenvalue weighted by Crippen LogP contribution is 2.34. The van der Waals surface area contributed by atoms with Crippen LogP contribution < -0.4 is 10.2 Å². The standard InChI is InChI=1S/C27H34N8O2/c1-32(2)25(36)22-15-18-16-29-27(31-24(18)35(22)19-7-4-3-5-8-19)30-23-11-10-20(17-28-23)34-14-13-33-12-6-9-21(33)26(34)37/h10-11,15-17,19,21H,3-9,12-14H2,1-2H3,(H,28,29,30,31)/t21-/m1/s1. The van der Waals surface area contributed by atoms with E-state index in [1.807, 2.05) is 23.1 Å². The maximum Gasteiger partial charge on any atom is 0.270 e. The van der Waals surface area contributed by atoms with Crippen LogP contribution in [0.3, 0.4) is 0 Å². The lowest BCUT2D eigenvalue weighted by Gasteiger charge is -2.36. The molecule has 0 spiro atoms. The number of amides is 2. The molecule has 10 heteroatoms. The summed E-state index contributed by atoms with van der Waals surface area (Å²) in [6, 6.07) is 5.96. The molecule has 5 heterocycles. The number of rotatable bonds is 5. The van der Waals surface area contributed by atoms with Crippen molar-refractivity contribution in [1.29, 1.82) is 0 Å². The van der Waals surface area contributed by atoms with Crippen molar-refractivity contribution in [3.63, 3.8) is 0 Å². The molecule has 1 saturated carbocycles. The number of hydrogen-bond acceptors (Lipinski definition) is 7. The molecule has 3 fully saturated rings. The van der Waals surface area contributed by atoms with Crippen molar-refractivity contribution in [2.75, 3.05) is 43.9 Å². The fourth-order valence-corrected chi connectivity index (χ4v) is 6.05. The van der Waals surface area contributed by atoms with Crippen molar-refractivity contribution in [2.45, 2.75) is 57.0 Å². The third-order valence-electron chi connectivity index (χ3n) is 7.97. The number of anilines is 3. The first-order valence-electron chi connectivity index (χ1n) is 13.4. The lowest BCUT2D eigenvalue weighted by atomic mass is 9.95. The smallest absolute Gasteiger partial charge is 0.270 e. The Bertz CT molecular complexity index is 1310. The number of hydrogen-bond donors (Lipinski definition) is 1. The molecule has 3 aromatic rings. The van der Waals surface area contributed by atoms with Gasteiger partial charge in [0.05, 0.1) is 17.9 Å². The van der Waals surface area contributed by atoms with Gasteiger partial charge in [-0.25, -0.2) is 9.97 Å². The number of aromatic nitrogens is 4. The van der Waals surface area contributed by atoms with E-state index in [1.165, 1.54) is 6.42 Å². The molecule has 6 rings (SSSR count). The van der Waals surface area contributed by atoms with Crippen LogP contribution in [0.25, 0.3) is 11.0 Å². The number of nitrogens with one attached hydrogen (secondary N) is 1. The normalized spacial score (nSPS) is 20.9. The van der Waals surface area contributed by atoms with Crippen LogP contribution in [0.15, 0.2) is 30.6 Å². The monoisotopic (exact) mass is 502 g/mol. The SMILES string of the molecule is CN(C)C(=O)c1cc2cnc(Nc3ccc(N4CCN5CCC[C@@H]5C4=O)cn3)nc2n1C1CCCCC1. The Kier molecular flexibility index (Phi) is 6.27. The van der Waals surface area contributed by atoms with E-state index in [1.54, 1.807) is 31.4 Å². The summed E-state index contributed by atoms with van der Waals surface area (Å²) in [6.45, 7) is 2.61. The van der Waals surface area contributed by atoms with Gasteiger partial charge in [0.2, 0.25) is 11.9 Å². The first kappa shape index (κ1) is 23.8. The molecule has 0 aromatic carbocycles. The molecule has 3 aromatic heterocycles. The van der Waals surface area contributed by atoms with E-state index in [2.05, 4.69) is 24.8 Å². The van der Waals surface area contributed by atoms with Crippen LogP contribution in [0.5, 0.6) is 0 Å². The average molecular weight is 503 g/mol. The Hall–Kier alpha value is -3.53. The van der Waals surface area contributed by atoms with Crippen molar-refractivity contribution >= 4 is 40.3 Å². The van der Waals surface area contributed by atoms with Gasteiger partial charge in [0.15, 0.2) is 0 Å². The minimum absolute atomic E-state index is 0.0105. The van der Waals surface area contributed by atoms with E-state index in [9.17, 15) is 9.59 Å². The van der Waals surface area contributed by atoms with Crippen LogP contribution >= 0.6 is 0 Å². The zero-order chi connectivity index (χ0) is 25.5. The van der Waals surface area contributed by atoms with Crippen molar-refractivity contribution in [3.05, 3.63) is 36.3 Å². The van der Waals surface area contributed by atoms with Crippen molar-refractivity contribution in [3.8, 4) is 0 Å². The highest BCUT2D eigenvalue weighted by atomic mass is 16.2. The molecular formula is C27H34N8O2. The molecule has 37 heavy (non-hydrogen) atoms. The van der Waals surface area contributed by atoms with Gasteiger partial charge in [-0.1, -0.05) is 19.3 Å². The number of carbonyl (C=O) groups is 2. The van der Waals surface area contributed by atoms with Crippen LogP contribution in [0.2, 0.25) is 0 Å². The van der Waals surface area contributed by atoms with Crippen molar-refractivity contribution in [2.24, 2.45) is 0 Å². The van der Waals surface area contributed by atoms with Gasteiger partial charge in [0, 0.05) is 44.8 Å². The Morgan fingerprint density at radius 2 is 1.84 bits per heavy atom. The topological polar surface area (TPSA) is 99.5 Å². The molecule has 194 valence electrons. The maximum absolute atomic E-state index is 13.0. The summed E-state index contributed by atoms with van der Waals surface area (Å²) in [6.07, 6.45) is 11.2. The van der Waals surface area contributed by atoms with Gasteiger partial charge in [-0.15, -0.1) is 0 Å². The summed E-state index contributed by atoms with van der Waals surface area (Å²) in [4.78, 5) is 45.6. The van der Waals surface area contributed by atoms with Gasteiger partial charge < -0.3 is 19.7 Å². The maximum atomic E-state index is 13.0. The lowest BCUT2D eigenvalue weighted by Crippen LogP contribution is -2.54. The van der Waals surface area contributed by atoms with Gasteiger partial charge in [-0.2, -0.15) is 4.98 Å². The van der Waals surface area contributed by atoms with Crippen LogP contribution in [0.4, 0.5) is 17.5 Å². The van der Waals surface area contributed by atoms with E-state index in [0.29, 0.717) is 24.0 Å². The summed E-state index contributed by atoms with van der Waals surface area (Å²) in [5, 5.41) is 4.07. The first-order chi connectivity index (χ1) is 18.0. The van der Waals surface area contributed by atoms with Gasteiger partial charge in [-0.3, -0.25) is 14.5 Å². The van der Waals surface area contributed by atoms with Crippen LogP contribution in [0, 0.1) is 0 Å². The molecule has 3 aliphatic rings. The number of fused-ring (bicyclic) bond motifs is 2. The molecular weight excluding hydrogens is 468 g/mol. The Labute approximate surface area is 216 Å². The Morgan fingerprint density at radius 1 is 1.00 bits per heavy atom. The molecule has 0 unspecified atom stereocenters. The van der Waals surface area contributed by atoms with E-state index < -0.39 is 0 Å². The van der Waals surface area contributed by atoms with Gasteiger partial charge in [-0.05, 0) is 50.4 Å². The zero-order valence-corrected chi connectivity index (χ0v) is 21.6. The van der Waals surface area contributed by atoms with Crippen molar-refractivity contribution in [1.82, 2.24) is 29.3 Å². The van der Waals surface area contributed by atoms with Crippen molar-refractivity contribution < 1.29 is 9.59 Å². The Morgan fingerprint density at radius 3 is 2.59 bits per heavy atom. The van der Waals surface area contributed by atoms with E-state index in [4.69, 9.17) is 4.98 Å². The molecule has 2 saturated heterocycles. The quantitative estimate of drug-likeness (QED) is 0.569. The second kappa shape index (κ2) is 9.74. The predicted octanol–water partition coefficient (Wildman–Crippen LogP) is 3.59. The number of pyridine rings is 1. The second-order valence-electron chi connectivity index (χ2n) is 10.6. The molecule has 1 atom stereocenters.